The highest BCUT2D eigenvalue weighted by molar-refractivity contribution is 6.30. The Morgan fingerprint density at radius 2 is 1.95 bits per heavy atom. The molecule has 0 radical (unpaired) electrons. The first-order chi connectivity index (χ1) is 18.0. The molecule has 0 unspecified atom stereocenters. The van der Waals surface area contributed by atoms with E-state index in [4.69, 9.17) is 21.3 Å². The van der Waals surface area contributed by atoms with Crippen LogP contribution in [0, 0.1) is 0 Å². The molecule has 8 nitrogen and oxygen atoms in total. The van der Waals surface area contributed by atoms with Crippen molar-refractivity contribution in [3.63, 3.8) is 0 Å². The van der Waals surface area contributed by atoms with E-state index in [1.54, 1.807) is 36.3 Å². The zero-order valence-electron chi connectivity index (χ0n) is 20.1. The SMILES string of the molecule is COc1ccc2[nH]cc(CCN3C(=O)[C@@H](CC(=O)Nc4ccc(Cl)cc4)n4c3nc3ccccc34)c2c1. The standard InChI is InChI=1S/C28H24ClN5O3/c1-37-20-10-11-22-21(14-20)17(16-30-22)12-13-33-27(36)25(15-26(35)31-19-8-6-18(29)7-9-19)34-24-5-3-2-4-23(24)32-28(33)34/h2-11,14,16,25,30H,12-13,15H2,1H3,(H,31,35)/t25-/m1/s1. The Bertz CT molecular complexity index is 1640. The summed E-state index contributed by atoms with van der Waals surface area (Å²) in [4.78, 5) is 36.4. The highest BCUT2D eigenvalue weighted by Gasteiger charge is 2.40. The summed E-state index contributed by atoms with van der Waals surface area (Å²) in [5.74, 6) is 0.943. The number of carbonyl (C=O) groups excluding carboxylic acids is 2. The first-order valence-electron chi connectivity index (χ1n) is 12.0. The number of hydrogen-bond acceptors (Lipinski definition) is 4. The van der Waals surface area contributed by atoms with E-state index < -0.39 is 6.04 Å². The summed E-state index contributed by atoms with van der Waals surface area (Å²) >= 11 is 5.95. The molecule has 0 aliphatic carbocycles. The van der Waals surface area contributed by atoms with Crippen molar-refractivity contribution in [3.8, 4) is 5.75 Å². The van der Waals surface area contributed by atoms with Gasteiger partial charge in [0.2, 0.25) is 11.9 Å². The number of H-pyrrole nitrogens is 1. The van der Waals surface area contributed by atoms with E-state index in [1.807, 2.05) is 53.2 Å². The second-order valence-electron chi connectivity index (χ2n) is 9.01. The Kier molecular flexibility index (Phi) is 5.81. The fraction of sp³-hybridized carbons (Fsp3) is 0.179. The van der Waals surface area contributed by atoms with Crippen molar-refractivity contribution in [2.24, 2.45) is 0 Å². The van der Waals surface area contributed by atoms with Crippen LogP contribution in [0.4, 0.5) is 11.6 Å². The molecular weight excluding hydrogens is 490 g/mol. The number of nitrogens with one attached hydrogen (secondary N) is 2. The van der Waals surface area contributed by atoms with Gasteiger partial charge in [0, 0.05) is 34.4 Å². The number of aromatic nitrogens is 3. The molecule has 0 bridgehead atoms. The van der Waals surface area contributed by atoms with Crippen molar-refractivity contribution < 1.29 is 14.3 Å². The molecule has 9 heteroatoms. The number of para-hydroxylation sites is 2. The Morgan fingerprint density at radius 1 is 1.14 bits per heavy atom. The average molecular weight is 514 g/mol. The quantitative estimate of drug-likeness (QED) is 0.307. The zero-order valence-corrected chi connectivity index (χ0v) is 20.8. The van der Waals surface area contributed by atoms with Crippen LogP contribution >= 0.6 is 11.6 Å². The minimum absolute atomic E-state index is 0.00437. The van der Waals surface area contributed by atoms with Crippen LogP contribution in [0.1, 0.15) is 18.0 Å². The lowest BCUT2D eigenvalue weighted by Gasteiger charge is -2.16. The van der Waals surface area contributed by atoms with Gasteiger partial charge < -0.3 is 15.0 Å². The van der Waals surface area contributed by atoms with Gasteiger partial charge in [0.1, 0.15) is 11.8 Å². The normalized spacial score (nSPS) is 14.9. The van der Waals surface area contributed by atoms with Crippen LogP contribution in [0.25, 0.3) is 21.9 Å². The van der Waals surface area contributed by atoms with Gasteiger partial charge >= 0.3 is 0 Å². The molecular formula is C28H24ClN5O3. The monoisotopic (exact) mass is 513 g/mol. The molecule has 2 amide bonds. The maximum Gasteiger partial charge on any atom is 0.253 e. The number of rotatable bonds is 7. The van der Waals surface area contributed by atoms with Crippen molar-refractivity contribution in [2.75, 3.05) is 23.9 Å². The Balaban J connectivity index is 1.28. The van der Waals surface area contributed by atoms with Crippen molar-refractivity contribution in [1.29, 1.82) is 0 Å². The summed E-state index contributed by atoms with van der Waals surface area (Å²) in [6, 6.07) is 19.8. The van der Waals surface area contributed by atoms with Crippen LogP contribution in [0.5, 0.6) is 5.75 Å². The van der Waals surface area contributed by atoms with Crippen molar-refractivity contribution in [3.05, 3.63) is 83.5 Å². The average Bonchev–Trinajstić information content (AvgIpc) is 3.56. The van der Waals surface area contributed by atoms with Gasteiger partial charge in [-0.15, -0.1) is 0 Å². The maximum absolute atomic E-state index is 13.7. The number of fused-ring (bicyclic) bond motifs is 4. The summed E-state index contributed by atoms with van der Waals surface area (Å²) in [5, 5.41) is 4.51. The fourth-order valence-electron chi connectivity index (χ4n) is 4.95. The molecule has 186 valence electrons. The fourth-order valence-corrected chi connectivity index (χ4v) is 5.08. The first-order valence-corrected chi connectivity index (χ1v) is 12.4. The lowest BCUT2D eigenvalue weighted by atomic mass is 10.1. The van der Waals surface area contributed by atoms with Crippen LogP contribution in [0.15, 0.2) is 72.9 Å². The van der Waals surface area contributed by atoms with Gasteiger partial charge in [0.25, 0.3) is 5.91 Å². The van der Waals surface area contributed by atoms with Crippen LogP contribution < -0.4 is 15.0 Å². The molecule has 1 aliphatic rings. The van der Waals surface area contributed by atoms with Gasteiger partial charge in [-0.25, -0.2) is 4.98 Å². The number of amides is 2. The predicted molar refractivity (Wildman–Crippen MR) is 144 cm³/mol. The molecule has 0 saturated carbocycles. The predicted octanol–water partition coefficient (Wildman–Crippen LogP) is 5.34. The van der Waals surface area contributed by atoms with Crippen LogP contribution in [-0.2, 0) is 16.0 Å². The lowest BCUT2D eigenvalue weighted by molar-refractivity contribution is -0.124. The van der Waals surface area contributed by atoms with Crippen LogP contribution in [-0.4, -0.2) is 40.0 Å². The van der Waals surface area contributed by atoms with E-state index in [1.165, 1.54) is 0 Å². The second-order valence-corrected chi connectivity index (χ2v) is 9.45. The number of ether oxygens (including phenoxy) is 1. The number of imidazole rings is 1. The van der Waals surface area contributed by atoms with Gasteiger partial charge in [0.15, 0.2) is 0 Å². The highest BCUT2D eigenvalue weighted by atomic mass is 35.5. The number of halogens is 1. The topological polar surface area (TPSA) is 92.2 Å². The third kappa shape index (κ3) is 4.19. The number of aromatic amines is 1. The maximum atomic E-state index is 13.7. The van der Waals surface area contributed by atoms with Crippen molar-refractivity contribution in [2.45, 2.75) is 18.9 Å². The molecule has 2 aromatic heterocycles. The second kappa shape index (κ2) is 9.29. The summed E-state index contributed by atoms with van der Waals surface area (Å²) < 4.78 is 7.27. The van der Waals surface area contributed by atoms with E-state index in [0.29, 0.717) is 29.6 Å². The van der Waals surface area contributed by atoms with Gasteiger partial charge in [-0.05, 0) is 66.6 Å². The summed E-state index contributed by atoms with van der Waals surface area (Å²) in [6.07, 6.45) is 2.58. The van der Waals surface area contributed by atoms with Crippen molar-refractivity contribution in [1.82, 2.24) is 14.5 Å². The molecule has 5 aromatic rings. The van der Waals surface area contributed by atoms with Gasteiger partial charge in [-0.1, -0.05) is 23.7 Å². The van der Waals surface area contributed by atoms with Crippen LogP contribution in [0.2, 0.25) is 5.02 Å². The molecule has 3 heterocycles. The lowest BCUT2D eigenvalue weighted by Crippen LogP contribution is -2.33. The number of nitrogens with zero attached hydrogens (tertiary/aromatic N) is 3. The largest absolute Gasteiger partial charge is 0.497 e. The third-order valence-electron chi connectivity index (χ3n) is 6.77. The van der Waals surface area contributed by atoms with E-state index >= 15 is 0 Å². The molecule has 1 aliphatic heterocycles. The molecule has 3 aromatic carbocycles. The molecule has 37 heavy (non-hydrogen) atoms. The Morgan fingerprint density at radius 3 is 2.76 bits per heavy atom. The van der Waals surface area contributed by atoms with Gasteiger partial charge in [-0.2, -0.15) is 0 Å². The minimum Gasteiger partial charge on any atom is -0.497 e. The van der Waals surface area contributed by atoms with Crippen molar-refractivity contribution >= 4 is 57.0 Å². The summed E-state index contributed by atoms with van der Waals surface area (Å²) in [5.41, 5.74) is 4.33. The first kappa shape index (κ1) is 23.1. The smallest absolute Gasteiger partial charge is 0.253 e. The van der Waals surface area contributed by atoms with E-state index in [2.05, 4.69) is 10.3 Å². The van der Waals surface area contributed by atoms with E-state index in [-0.39, 0.29) is 18.2 Å². The molecule has 1 atom stereocenters. The minimum atomic E-state index is -0.683. The molecule has 0 saturated heterocycles. The zero-order chi connectivity index (χ0) is 25.5. The highest BCUT2D eigenvalue weighted by Crippen LogP contribution is 2.37. The third-order valence-corrected chi connectivity index (χ3v) is 7.02. The number of benzene rings is 3. The Hall–Kier alpha value is -4.30. The molecule has 0 fully saturated rings. The van der Waals surface area contributed by atoms with E-state index in [9.17, 15) is 9.59 Å². The molecule has 6 rings (SSSR count). The number of anilines is 2. The summed E-state index contributed by atoms with van der Waals surface area (Å²) in [6.45, 7) is 0.432. The van der Waals surface area contributed by atoms with Gasteiger partial charge in [0.05, 0.1) is 24.6 Å². The van der Waals surface area contributed by atoms with Gasteiger partial charge in [-0.3, -0.25) is 19.1 Å². The number of methoxy groups -OCH3 is 1. The van der Waals surface area contributed by atoms with E-state index in [0.717, 1.165) is 33.2 Å². The summed E-state index contributed by atoms with van der Waals surface area (Å²) in [7, 11) is 1.64. The van der Waals surface area contributed by atoms with Crippen LogP contribution in [0.3, 0.4) is 0 Å². The molecule has 0 spiro atoms. The number of hydrogen-bond donors (Lipinski definition) is 2. The number of carbonyl (C=O) groups is 2. The Labute approximate surface area is 217 Å². The molecule has 2 N–H and O–H groups in total.